The predicted octanol–water partition coefficient (Wildman–Crippen LogP) is 1.07. The molecule has 0 saturated carbocycles. The van der Waals surface area contributed by atoms with Crippen molar-refractivity contribution in [1.29, 1.82) is 0 Å². The molecule has 18 heavy (non-hydrogen) atoms. The van der Waals surface area contributed by atoms with E-state index in [0.29, 0.717) is 5.69 Å². The summed E-state index contributed by atoms with van der Waals surface area (Å²) in [4.78, 5) is 13.2. The van der Waals surface area contributed by atoms with Gasteiger partial charge in [-0.25, -0.2) is 4.79 Å². The Morgan fingerprint density at radius 2 is 1.72 bits per heavy atom. The molecule has 1 aromatic carbocycles. The van der Waals surface area contributed by atoms with E-state index in [1.807, 2.05) is 24.3 Å². The Hall–Kier alpha value is -1.59. The van der Waals surface area contributed by atoms with Crippen molar-refractivity contribution in [2.24, 2.45) is 0 Å². The second kappa shape index (κ2) is 7.68. The van der Waals surface area contributed by atoms with Gasteiger partial charge in [-0.2, -0.15) is 0 Å². The topological polar surface area (TPSA) is 72.8 Å². The molecule has 0 radical (unpaired) electrons. The van der Waals surface area contributed by atoms with Gasteiger partial charge in [0.05, 0.1) is 13.2 Å². The molecule has 0 atom stereocenters. The number of nitrogens with one attached hydrogen (secondary N) is 1. The van der Waals surface area contributed by atoms with Gasteiger partial charge in [0.1, 0.15) is 0 Å². The number of rotatable bonds is 6. The summed E-state index contributed by atoms with van der Waals surface area (Å²) in [5, 5.41) is 20.4. The first-order chi connectivity index (χ1) is 8.71. The normalized spacial score (nSPS) is 10.2. The number of hydrogen-bond donors (Lipinski definition) is 3. The van der Waals surface area contributed by atoms with Crippen LogP contribution in [0.15, 0.2) is 24.3 Å². The van der Waals surface area contributed by atoms with E-state index < -0.39 is 0 Å². The molecule has 0 saturated heterocycles. The highest BCUT2D eigenvalue weighted by Gasteiger charge is 2.11. The van der Waals surface area contributed by atoms with Gasteiger partial charge in [-0.15, -0.1) is 0 Å². The van der Waals surface area contributed by atoms with Gasteiger partial charge in [0.25, 0.3) is 0 Å². The van der Waals surface area contributed by atoms with Crippen LogP contribution in [0.4, 0.5) is 10.5 Å². The van der Waals surface area contributed by atoms with Crippen molar-refractivity contribution in [3.8, 4) is 0 Å². The van der Waals surface area contributed by atoms with Crippen LogP contribution < -0.4 is 5.32 Å². The first kappa shape index (κ1) is 14.5. The molecule has 2 amide bonds. The number of aliphatic hydroxyl groups is 2. The number of aryl methyl sites for hydroxylation is 1. The van der Waals surface area contributed by atoms with Gasteiger partial charge in [0.15, 0.2) is 0 Å². The van der Waals surface area contributed by atoms with Crippen LogP contribution in [-0.4, -0.2) is 47.4 Å². The van der Waals surface area contributed by atoms with Crippen molar-refractivity contribution in [2.75, 3.05) is 31.6 Å². The highest BCUT2D eigenvalue weighted by atomic mass is 16.3. The van der Waals surface area contributed by atoms with Crippen molar-refractivity contribution in [3.63, 3.8) is 0 Å². The van der Waals surface area contributed by atoms with Crippen molar-refractivity contribution < 1.29 is 15.0 Å². The Balaban J connectivity index is 2.60. The van der Waals surface area contributed by atoms with Crippen LogP contribution >= 0.6 is 0 Å². The molecule has 100 valence electrons. The lowest BCUT2D eigenvalue weighted by molar-refractivity contribution is 0.167. The average Bonchev–Trinajstić information content (AvgIpc) is 2.39. The quantitative estimate of drug-likeness (QED) is 0.709. The molecule has 0 bridgehead atoms. The SMILES string of the molecule is CCc1ccc(NC(=O)N(CCO)CCO)cc1. The Kier molecular flexibility index (Phi) is 6.18. The van der Waals surface area contributed by atoms with Gasteiger partial charge in [-0.05, 0) is 24.1 Å². The lowest BCUT2D eigenvalue weighted by Crippen LogP contribution is -2.38. The van der Waals surface area contributed by atoms with Gasteiger partial charge in [0.2, 0.25) is 0 Å². The third-order valence-electron chi connectivity index (χ3n) is 2.64. The summed E-state index contributed by atoms with van der Waals surface area (Å²) < 4.78 is 0. The maximum atomic E-state index is 11.8. The molecule has 0 heterocycles. The molecule has 0 spiro atoms. The lowest BCUT2D eigenvalue weighted by atomic mass is 10.1. The van der Waals surface area contributed by atoms with Crippen LogP contribution in [-0.2, 0) is 6.42 Å². The molecule has 0 aliphatic heterocycles. The smallest absolute Gasteiger partial charge is 0.321 e. The maximum Gasteiger partial charge on any atom is 0.321 e. The zero-order valence-electron chi connectivity index (χ0n) is 10.6. The molecule has 1 aromatic rings. The first-order valence-electron chi connectivity index (χ1n) is 6.07. The van der Waals surface area contributed by atoms with Gasteiger partial charge < -0.3 is 20.4 Å². The molecule has 0 aromatic heterocycles. The molecular formula is C13H20N2O3. The Morgan fingerprint density at radius 3 is 2.17 bits per heavy atom. The number of nitrogens with zero attached hydrogens (tertiary/aromatic N) is 1. The molecule has 0 aliphatic carbocycles. The predicted molar refractivity (Wildman–Crippen MR) is 70.6 cm³/mol. The molecule has 0 aliphatic rings. The first-order valence-corrected chi connectivity index (χ1v) is 6.07. The van der Waals surface area contributed by atoms with Crippen molar-refractivity contribution in [2.45, 2.75) is 13.3 Å². The minimum absolute atomic E-state index is 0.123. The monoisotopic (exact) mass is 252 g/mol. The van der Waals surface area contributed by atoms with Crippen LogP contribution in [0, 0.1) is 0 Å². The largest absolute Gasteiger partial charge is 0.395 e. The zero-order chi connectivity index (χ0) is 13.4. The Bertz CT molecular complexity index is 359. The minimum Gasteiger partial charge on any atom is -0.395 e. The third-order valence-corrected chi connectivity index (χ3v) is 2.64. The molecule has 1 rings (SSSR count). The van der Waals surface area contributed by atoms with E-state index in [-0.39, 0.29) is 32.3 Å². The van der Waals surface area contributed by atoms with Gasteiger partial charge in [0, 0.05) is 18.8 Å². The number of anilines is 1. The fourth-order valence-corrected chi connectivity index (χ4v) is 1.58. The van der Waals surface area contributed by atoms with Gasteiger partial charge in [-0.3, -0.25) is 0 Å². The van der Waals surface area contributed by atoms with E-state index in [1.165, 1.54) is 10.5 Å². The van der Waals surface area contributed by atoms with Crippen LogP contribution in [0.25, 0.3) is 0 Å². The second-order valence-corrected chi connectivity index (χ2v) is 3.91. The number of aliphatic hydroxyl groups excluding tert-OH is 2. The van der Waals surface area contributed by atoms with E-state index in [2.05, 4.69) is 12.2 Å². The summed E-state index contributed by atoms with van der Waals surface area (Å²) in [5.41, 5.74) is 1.91. The number of amides is 2. The van der Waals surface area contributed by atoms with Crippen molar-refractivity contribution >= 4 is 11.7 Å². The standard InChI is InChI=1S/C13H20N2O3/c1-2-11-3-5-12(6-4-11)14-13(18)15(7-9-16)8-10-17/h3-6,16-17H,2,7-10H2,1H3,(H,14,18). The van der Waals surface area contributed by atoms with Gasteiger partial charge in [-0.1, -0.05) is 19.1 Å². The van der Waals surface area contributed by atoms with E-state index in [1.54, 1.807) is 0 Å². The van der Waals surface area contributed by atoms with E-state index in [9.17, 15) is 4.79 Å². The summed E-state index contributed by atoms with van der Waals surface area (Å²) in [6.45, 7) is 2.24. The van der Waals surface area contributed by atoms with E-state index in [0.717, 1.165) is 6.42 Å². The minimum atomic E-state index is -0.317. The summed E-state index contributed by atoms with van der Waals surface area (Å²) >= 11 is 0. The Labute approximate surface area is 107 Å². The lowest BCUT2D eigenvalue weighted by Gasteiger charge is -2.21. The molecule has 0 fully saturated rings. The van der Waals surface area contributed by atoms with E-state index in [4.69, 9.17) is 10.2 Å². The number of benzene rings is 1. The maximum absolute atomic E-state index is 11.8. The molecule has 5 nitrogen and oxygen atoms in total. The number of carbonyl (C=O) groups is 1. The summed E-state index contributed by atoms with van der Waals surface area (Å²) in [5.74, 6) is 0. The summed E-state index contributed by atoms with van der Waals surface area (Å²) in [7, 11) is 0. The fraction of sp³-hybridized carbons (Fsp3) is 0.462. The number of carbonyl (C=O) groups excluding carboxylic acids is 1. The number of urea groups is 1. The highest BCUT2D eigenvalue weighted by Crippen LogP contribution is 2.10. The van der Waals surface area contributed by atoms with Crippen LogP contribution in [0.3, 0.4) is 0 Å². The molecule has 3 N–H and O–H groups in total. The molecule has 5 heteroatoms. The van der Waals surface area contributed by atoms with Gasteiger partial charge >= 0.3 is 6.03 Å². The van der Waals surface area contributed by atoms with E-state index >= 15 is 0 Å². The zero-order valence-corrected chi connectivity index (χ0v) is 10.6. The molecule has 0 unspecified atom stereocenters. The second-order valence-electron chi connectivity index (χ2n) is 3.91. The van der Waals surface area contributed by atoms with Crippen LogP contribution in [0.1, 0.15) is 12.5 Å². The molecular weight excluding hydrogens is 232 g/mol. The summed E-state index contributed by atoms with van der Waals surface area (Å²) in [6.07, 6.45) is 0.954. The van der Waals surface area contributed by atoms with Crippen molar-refractivity contribution in [1.82, 2.24) is 4.90 Å². The highest BCUT2D eigenvalue weighted by molar-refractivity contribution is 5.89. The fourth-order valence-electron chi connectivity index (χ4n) is 1.58. The third kappa shape index (κ3) is 4.35. The van der Waals surface area contributed by atoms with Crippen LogP contribution in [0.2, 0.25) is 0 Å². The van der Waals surface area contributed by atoms with Crippen molar-refractivity contribution in [3.05, 3.63) is 29.8 Å². The summed E-state index contributed by atoms with van der Waals surface area (Å²) in [6, 6.07) is 7.28. The Morgan fingerprint density at radius 1 is 1.17 bits per heavy atom. The van der Waals surface area contributed by atoms with Crippen LogP contribution in [0.5, 0.6) is 0 Å². The average molecular weight is 252 g/mol. The number of hydrogen-bond acceptors (Lipinski definition) is 3.